The average Bonchev–Trinajstić information content (AvgIpc) is 0.713. The highest BCUT2D eigenvalue weighted by Gasteiger charge is 2.29. The van der Waals surface area contributed by atoms with E-state index in [1.54, 1.807) is 0 Å². The fourth-order valence-electron chi connectivity index (χ4n) is 24.0. The molecule has 0 heteroatoms. The van der Waals surface area contributed by atoms with Crippen molar-refractivity contribution in [1.82, 2.24) is 0 Å². The van der Waals surface area contributed by atoms with Gasteiger partial charge in [0.15, 0.2) is 0 Å². The van der Waals surface area contributed by atoms with E-state index in [-0.39, 0.29) is 0 Å². The second-order valence-electron chi connectivity index (χ2n) is 37.9. The third-order valence-corrected chi connectivity index (χ3v) is 30.1. The summed E-state index contributed by atoms with van der Waals surface area (Å²) in [6, 6.07) is 185. The zero-order valence-electron chi connectivity index (χ0n) is 80.2. The number of rotatable bonds is 11. The summed E-state index contributed by atoms with van der Waals surface area (Å²) in [6.45, 7) is 12.5. The van der Waals surface area contributed by atoms with Gasteiger partial charge in [-0.3, -0.25) is 0 Å². The molecule has 0 nitrogen and oxygen atoms in total. The maximum absolute atomic E-state index is 2.52. The Bertz CT molecular complexity index is 9390. The molecule has 0 aliphatic rings. The minimum Gasteiger partial charge on any atom is -0.0683 e. The van der Waals surface area contributed by atoms with Crippen molar-refractivity contribution in [3.8, 4) is 122 Å². The fourth-order valence-corrected chi connectivity index (χ4v) is 24.0. The summed E-state index contributed by atoms with van der Waals surface area (Å²) >= 11 is 0. The highest BCUT2D eigenvalue weighted by atomic mass is 14.3. The molecular formula is C142H98. The fraction of sp³-hybridized carbons (Fsp3) is 0.0423. The molecule has 0 saturated carbocycles. The Morgan fingerprint density at radius 2 is 0.225 bits per heavy atom. The van der Waals surface area contributed by atoms with Crippen molar-refractivity contribution in [2.24, 2.45) is 0 Å². The van der Waals surface area contributed by atoms with Crippen molar-refractivity contribution in [2.75, 3.05) is 0 Å². The smallest absolute Gasteiger partial charge is 0.00137 e. The molecule has 142 heavy (non-hydrogen) atoms. The van der Waals surface area contributed by atoms with E-state index in [0.717, 1.165) is 33.4 Å². The third-order valence-electron chi connectivity index (χ3n) is 30.1. The van der Waals surface area contributed by atoms with Gasteiger partial charge in [0.1, 0.15) is 0 Å². The Balaban J connectivity index is 0.00000255. The van der Waals surface area contributed by atoms with Crippen molar-refractivity contribution in [1.29, 1.82) is 0 Å². The van der Waals surface area contributed by atoms with Crippen LogP contribution in [0.1, 0.15) is 38.8 Å². The lowest BCUT2D eigenvalue weighted by atomic mass is 9.81. The van der Waals surface area contributed by atoms with Gasteiger partial charge in [-0.15, -0.1) is 0 Å². The molecule has 0 amide bonds. The Morgan fingerprint density at radius 1 is 0.0986 bits per heavy atom. The monoisotopic (exact) mass is 1800 g/mol. The molecule has 0 aromatic heterocycles. The predicted molar refractivity (Wildman–Crippen MR) is 619 cm³/mol. The first kappa shape index (κ1) is 84.8. The van der Waals surface area contributed by atoms with Crippen molar-refractivity contribution in [3.05, 3.63) is 496 Å². The Morgan fingerprint density at radius 3 is 0.380 bits per heavy atom. The molecule has 0 N–H and O–H groups in total. The molecule has 0 saturated heterocycles. The van der Waals surface area contributed by atoms with Crippen LogP contribution in [0.3, 0.4) is 0 Å². The van der Waals surface area contributed by atoms with Crippen LogP contribution in [-0.2, 0) is 0 Å². The number of fused-ring (bicyclic) bond motifs is 24. The molecule has 28 aromatic carbocycles. The number of hydrogen-bond acceptors (Lipinski definition) is 0. The molecule has 0 atom stereocenters. The van der Waals surface area contributed by atoms with Gasteiger partial charge in [-0.2, -0.15) is 0 Å². The molecule has 0 aliphatic heterocycles. The molecule has 0 aliphatic carbocycles. The van der Waals surface area contributed by atoms with Crippen LogP contribution in [0.2, 0.25) is 0 Å². The molecule has 0 unspecified atom stereocenters. The van der Waals surface area contributed by atoms with Gasteiger partial charge < -0.3 is 0 Å². The van der Waals surface area contributed by atoms with E-state index >= 15 is 0 Å². The van der Waals surface area contributed by atoms with Crippen LogP contribution in [0.4, 0.5) is 0 Å². The van der Waals surface area contributed by atoms with Gasteiger partial charge in [-0.05, 0) is 345 Å². The van der Waals surface area contributed by atoms with Crippen molar-refractivity contribution >= 4 is 172 Å². The van der Waals surface area contributed by atoms with Gasteiger partial charge in [-0.25, -0.2) is 0 Å². The lowest BCUT2D eigenvalue weighted by Crippen LogP contribution is -1.94. The molecule has 666 valence electrons. The minimum absolute atomic E-state index is 1.15. The quantitative estimate of drug-likeness (QED) is 0.0894. The van der Waals surface area contributed by atoms with E-state index < -0.39 is 0 Å². The lowest BCUT2D eigenvalue weighted by molar-refractivity contribution is 1.50. The number of benzene rings is 28. The van der Waals surface area contributed by atoms with Gasteiger partial charge in [-0.1, -0.05) is 488 Å². The van der Waals surface area contributed by atoms with E-state index in [4.69, 9.17) is 0 Å². The summed E-state index contributed by atoms with van der Waals surface area (Å²) in [5.41, 5.74) is 28.8. The summed E-state index contributed by atoms with van der Waals surface area (Å²) in [7, 11) is 0. The van der Waals surface area contributed by atoms with E-state index in [2.05, 4.69) is 499 Å². The van der Waals surface area contributed by atoms with E-state index in [1.165, 1.54) is 273 Å². The maximum atomic E-state index is 2.52. The first-order valence-corrected chi connectivity index (χ1v) is 50.2. The molecular weight excluding hydrogens is 1710 g/mol. The Kier molecular flexibility index (Phi) is 20.8. The molecule has 0 fully saturated rings. The molecule has 0 heterocycles. The van der Waals surface area contributed by atoms with Crippen LogP contribution in [0.5, 0.6) is 0 Å². The summed E-state index contributed by atoms with van der Waals surface area (Å²) in [6.07, 6.45) is 0. The molecule has 28 aromatic rings. The summed E-state index contributed by atoms with van der Waals surface area (Å²) in [4.78, 5) is 0. The first-order valence-electron chi connectivity index (χ1n) is 50.2. The number of hydrogen-bond donors (Lipinski definition) is 0. The van der Waals surface area contributed by atoms with Crippen molar-refractivity contribution < 1.29 is 0 Å². The van der Waals surface area contributed by atoms with Crippen LogP contribution in [0, 0.1) is 13.8 Å². The lowest BCUT2D eigenvalue weighted by Gasteiger charge is -2.22. The second kappa shape index (κ2) is 34.8. The largest absolute Gasteiger partial charge is 0.0683 e. The van der Waals surface area contributed by atoms with Crippen LogP contribution >= 0.6 is 0 Å². The highest BCUT2D eigenvalue weighted by molar-refractivity contribution is 6.38. The van der Waals surface area contributed by atoms with Crippen molar-refractivity contribution in [3.63, 3.8) is 0 Å². The van der Waals surface area contributed by atoms with Crippen molar-refractivity contribution in [2.45, 2.75) is 41.5 Å². The van der Waals surface area contributed by atoms with E-state index in [0.29, 0.717) is 0 Å². The predicted octanol–water partition coefficient (Wildman–Crippen LogP) is 41.1. The number of aryl methyl sites for hydroxylation is 2. The van der Waals surface area contributed by atoms with Crippen LogP contribution < -0.4 is 0 Å². The SMILES string of the molecule is CC.CC.Cc1ccc2ccc3c(-c4ccccc4)c4ccc5ccc(-c6ccc7ccc8c(-c9ccccc9)c9ccc%10ccc(-c%11ccc%12ccc%13c(-c%14ccccc%14)c%14ccc%15ccc(-c%16ccc%17ccc%18c(-c%19ccccc%19)c%19ccc%20ccc(C)cc%20c%19c(-c%19ccccc%19)c%18c%17c%16)cc%15c%14c(-c%14ccccc%14)c%13c%12c%11)cc%10c9c(-c9ccccc9)c8c7c6)cc5c4c(-c4ccccc4)c3c2c1. The molecule has 0 bridgehead atoms. The van der Waals surface area contributed by atoms with E-state index in [9.17, 15) is 0 Å². The van der Waals surface area contributed by atoms with Crippen LogP contribution in [-0.4, -0.2) is 0 Å². The average molecular weight is 1800 g/mol. The molecule has 0 radical (unpaired) electrons. The van der Waals surface area contributed by atoms with Gasteiger partial charge in [0, 0.05) is 0 Å². The molecule has 0 spiro atoms. The minimum atomic E-state index is 1.15. The second-order valence-corrected chi connectivity index (χ2v) is 37.9. The summed E-state index contributed by atoms with van der Waals surface area (Å²) in [5.74, 6) is 0. The van der Waals surface area contributed by atoms with Crippen LogP contribution in [0.15, 0.2) is 485 Å². The third kappa shape index (κ3) is 13.7. The first-order chi connectivity index (χ1) is 70.3. The standard InChI is InChI=1S/C138H86.2C2H6/c1-83-43-45-85-59-67-107-123(93-27-11-3-12-28-93)109-69-61-87-47-53-101(77-117(87)133(109)127(131(107)115(85)75-83)97-35-19-7-20-36-97)103-55-49-89-63-71-111-125(95-31-15-5-16-32-95)113-73-65-91-51-57-105(81-121(91)137(113)129(135(111)119(89)79-103)99-39-23-9-24-40-99)106-58-52-92-66-74-114-126(96-33-17-6-18-34-96)112-72-64-90-50-56-104(80-120(90)136(112)130(138(114)122(92)82-106)100-41-25-10-26-42-100)102-54-48-88-62-70-110-124(94-29-13-4-14-30-94)108-68-60-86-46-44-84(2)76-116(86)132(108)128(134(110)118(88)78-102)98-37-21-8-22-38-98;2*1-2/h3-82H,1-2H3;2*1-2H3. The van der Waals surface area contributed by atoms with Gasteiger partial charge >= 0.3 is 0 Å². The Hall–Kier alpha value is -17.7. The summed E-state index contributed by atoms with van der Waals surface area (Å²) in [5, 5.41) is 39.2. The van der Waals surface area contributed by atoms with Gasteiger partial charge in [0.2, 0.25) is 0 Å². The highest BCUT2D eigenvalue weighted by Crippen LogP contribution is 2.57. The zero-order chi connectivity index (χ0) is 94.9. The normalized spacial score (nSPS) is 11.7. The maximum Gasteiger partial charge on any atom is -0.00137 e. The van der Waals surface area contributed by atoms with Gasteiger partial charge in [0.25, 0.3) is 0 Å². The van der Waals surface area contributed by atoms with Crippen LogP contribution in [0.25, 0.3) is 295 Å². The van der Waals surface area contributed by atoms with E-state index in [1.807, 2.05) is 27.7 Å². The topological polar surface area (TPSA) is 0 Å². The zero-order valence-corrected chi connectivity index (χ0v) is 80.2. The Labute approximate surface area is 826 Å². The summed E-state index contributed by atoms with van der Waals surface area (Å²) < 4.78 is 0. The van der Waals surface area contributed by atoms with Gasteiger partial charge in [0.05, 0.1) is 0 Å². The molecule has 28 rings (SSSR count).